The molecule has 0 fully saturated rings. The summed E-state index contributed by atoms with van der Waals surface area (Å²) in [6, 6.07) is 0. The van der Waals surface area contributed by atoms with Crippen LogP contribution in [0.25, 0.3) is 0 Å². The van der Waals surface area contributed by atoms with Crippen LogP contribution in [0, 0.1) is 10.2 Å². The van der Waals surface area contributed by atoms with Gasteiger partial charge in [0.25, 0.3) is 0 Å². The molecule has 0 aromatic carbocycles. The van der Waals surface area contributed by atoms with E-state index in [0.29, 0.717) is 0 Å². The largest absolute Gasteiger partial charge is 0.379 e. The van der Waals surface area contributed by atoms with E-state index >= 15 is 0 Å². The number of hydrogen-bond acceptors (Lipinski definition) is 8. The van der Waals surface area contributed by atoms with Gasteiger partial charge in [0.1, 0.15) is 18.7 Å². The molecule has 94 valence electrons. The highest BCUT2D eigenvalue weighted by Gasteiger charge is 2.20. The first-order chi connectivity index (χ1) is 6.46. The van der Waals surface area contributed by atoms with Crippen LogP contribution in [0.4, 0.5) is 0 Å². The molecule has 0 aromatic rings. The molecule has 4 N–H and O–H groups in total. The molecule has 0 saturated carbocycles. The average Bonchev–Trinajstić information content (AvgIpc) is 1.77. The Balaban J connectivity index is 0. The summed E-state index contributed by atoms with van der Waals surface area (Å²) in [7, 11) is -4.69. The van der Waals surface area contributed by atoms with Gasteiger partial charge in [-0.25, -0.2) is 4.90 Å². The summed E-state index contributed by atoms with van der Waals surface area (Å²) in [6.45, 7) is 4.46. The molecule has 0 bridgehead atoms. The van der Waals surface area contributed by atoms with Crippen LogP contribution in [-0.4, -0.2) is 43.6 Å². The Hall–Kier alpha value is -0.0300. The maximum Gasteiger partial charge on any atom is 0.108 e. The van der Waals surface area contributed by atoms with E-state index in [1.165, 1.54) is 25.7 Å². The number of aliphatic hydroxyl groups excluding tert-OH is 3. The zero-order valence-electron chi connectivity index (χ0n) is 8.57. The molecule has 0 aliphatic carbocycles. The molecule has 0 heterocycles. The van der Waals surface area contributed by atoms with Gasteiger partial charge in [-0.05, 0) is 20.8 Å². The van der Waals surface area contributed by atoms with Gasteiger partial charge < -0.3 is 15.3 Å². The number of aliphatic hydroxyl groups is 3. The lowest BCUT2D eigenvalue weighted by molar-refractivity contribution is -1.92. The first-order valence-corrected chi connectivity index (χ1v) is 5.18. The maximum absolute atomic E-state index is 8.96. The molecule has 0 aliphatic rings. The van der Waals surface area contributed by atoms with Crippen molar-refractivity contribution in [2.45, 2.75) is 39.5 Å². The zero-order chi connectivity index (χ0) is 12.8. The van der Waals surface area contributed by atoms with Crippen LogP contribution in [0.5, 0.6) is 0 Å². The minimum Gasteiger partial charge on any atom is -0.379 e. The third kappa shape index (κ3) is 14.0. The molecule has 3 unspecified atom stereocenters. The molecule has 0 saturated heterocycles. The van der Waals surface area contributed by atoms with Gasteiger partial charge in [-0.2, -0.15) is 14.0 Å². The Morgan fingerprint density at radius 1 is 0.867 bits per heavy atom. The highest BCUT2D eigenvalue weighted by atomic mass is 35.7. The fourth-order valence-corrected chi connectivity index (χ4v) is 0.937. The SMILES string of the molecule is CC(O)N(C(C)O)C(C)O.[O-][Cl+3]([O-])([O-])O. The summed E-state index contributed by atoms with van der Waals surface area (Å²) in [5.74, 6) is 0. The van der Waals surface area contributed by atoms with Crippen LogP contribution < -0.4 is 14.0 Å². The third-order valence-electron chi connectivity index (χ3n) is 1.29. The lowest BCUT2D eigenvalue weighted by Gasteiger charge is -2.30. The van der Waals surface area contributed by atoms with E-state index in [1.807, 2.05) is 0 Å². The minimum absolute atomic E-state index is 0.833. The van der Waals surface area contributed by atoms with Crippen molar-refractivity contribution in [3.05, 3.63) is 0 Å². The van der Waals surface area contributed by atoms with Crippen molar-refractivity contribution in [1.82, 2.24) is 4.90 Å². The van der Waals surface area contributed by atoms with Crippen LogP contribution in [-0.2, 0) is 0 Å². The molecule has 0 aromatic heterocycles. The van der Waals surface area contributed by atoms with Crippen molar-refractivity contribution < 1.29 is 44.2 Å². The van der Waals surface area contributed by atoms with Gasteiger partial charge in [0.15, 0.2) is 0 Å². The number of nitrogens with zero attached hydrogens (tertiary/aromatic N) is 1. The van der Waals surface area contributed by atoms with Crippen molar-refractivity contribution in [2.75, 3.05) is 0 Å². The number of hydrogen-bond donors (Lipinski definition) is 4. The Morgan fingerprint density at radius 3 is 1.00 bits per heavy atom. The van der Waals surface area contributed by atoms with Gasteiger partial charge in [0, 0.05) is 0 Å². The molecule has 0 rings (SSSR count). The lowest BCUT2D eigenvalue weighted by atomic mass is 10.4. The average molecular weight is 250 g/mol. The molecular weight excluding hydrogens is 234 g/mol. The second-order valence-corrected chi connectivity index (χ2v) is 3.53. The summed E-state index contributed by atoms with van der Waals surface area (Å²) in [5.41, 5.74) is 0. The summed E-state index contributed by atoms with van der Waals surface area (Å²) < 4.78 is 32.7. The quantitative estimate of drug-likeness (QED) is 0.363. The van der Waals surface area contributed by atoms with Crippen LogP contribution >= 0.6 is 0 Å². The minimum atomic E-state index is -4.69. The topological polar surface area (TPSA) is 153 Å². The van der Waals surface area contributed by atoms with E-state index in [-0.39, 0.29) is 0 Å². The third-order valence-corrected chi connectivity index (χ3v) is 1.29. The first kappa shape index (κ1) is 17.4. The van der Waals surface area contributed by atoms with Crippen LogP contribution in [0.2, 0.25) is 0 Å². The molecule has 8 nitrogen and oxygen atoms in total. The predicted octanol–water partition coefficient (Wildman–Crippen LogP) is -4.82. The fraction of sp³-hybridized carbons (Fsp3) is 1.00. The molecule has 3 atom stereocenters. The molecule has 15 heavy (non-hydrogen) atoms. The number of halogens is 1. The lowest BCUT2D eigenvalue weighted by Crippen LogP contribution is -2.58. The smallest absolute Gasteiger partial charge is 0.108 e. The van der Waals surface area contributed by atoms with Crippen molar-refractivity contribution in [2.24, 2.45) is 0 Å². The maximum atomic E-state index is 8.96. The van der Waals surface area contributed by atoms with Crippen molar-refractivity contribution in [3.8, 4) is 0 Å². The molecular formula is C6H16ClNO7. The Labute approximate surface area is 89.3 Å². The van der Waals surface area contributed by atoms with E-state index in [4.69, 9.17) is 34.0 Å². The van der Waals surface area contributed by atoms with Crippen LogP contribution in [0.1, 0.15) is 20.8 Å². The van der Waals surface area contributed by atoms with Gasteiger partial charge >= 0.3 is 0 Å². The molecule has 0 radical (unpaired) electrons. The first-order valence-electron chi connectivity index (χ1n) is 3.91. The summed E-state index contributed by atoms with van der Waals surface area (Å²) in [6.07, 6.45) is -2.50. The van der Waals surface area contributed by atoms with Gasteiger partial charge in [-0.3, -0.25) is 0 Å². The van der Waals surface area contributed by atoms with Crippen LogP contribution in [0.15, 0.2) is 0 Å². The predicted molar refractivity (Wildman–Crippen MR) is 39.1 cm³/mol. The fourth-order valence-electron chi connectivity index (χ4n) is 0.937. The van der Waals surface area contributed by atoms with Crippen LogP contribution in [0.3, 0.4) is 0 Å². The molecule has 0 spiro atoms. The highest BCUT2D eigenvalue weighted by Crippen LogP contribution is 2.04. The normalized spacial score (nSPS) is 17.8. The van der Waals surface area contributed by atoms with Gasteiger partial charge in [-0.1, -0.05) is 0 Å². The van der Waals surface area contributed by atoms with E-state index in [2.05, 4.69) is 0 Å². The zero-order valence-corrected chi connectivity index (χ0v) is 9.33. The standard InChI is InChI=1S/C6H15NO3.ClHO4/c1-4(8)7(5(2)9)6(3)10;2-1(3,4)5/h4-6,8-10H,1-3H3;(H,2,3,4,5). The van der Waals surface area contributed by atoms with E-state index in [0.717, 1.165) is 0 Å². The summed E-state index contributed by atoms with van der Waals surface area (Å²) >= 11 is 0. The van der Waals surface area contributed by atoms with Gasteiger partial charge in [0.05, 0.1) is 14.9 Å². The molecule has 9 heteroatoms. The monoisotopic (exact) mass is 249 g/mol. The summed E-state index contributed by atoms with van der Waals surface area (Å²) in [4.78, 5) is 1.17. The van der Waals surface area contributed by atoms with Gasteiger partial charge in [0.2, 0.25) is 0 Å². The van der Waals surface area contributed by atoms with Gasteiger partial charge in [-0.15, -0.1) is 0 Å². The second kappa shape index (κ2) is 7.28. The van der Waals surface area contributed by atoms with Crippen molar-refractivity contribution in [1.29, 1.82) is 0 Å². The van der Waals surface area contributed by atoms with Crippen molar-refractivity contribution in [3.63, 3.8) is 0 Å². The molecule has 0 aliphatic heterocycles. The van der Waals surface area contributed by atoms with E-state index in [1.54, 1.807) is 0 Å². The Bertz CT molecular complexity index is 133. The summed E-state index contributed by atoms with van der Waals surface area (Å²) in [5, 5.41) is 26.9. The number of rotatable bonds is 3. The van der Waals surface area contributed by atoms with E-state index < -0.39 is 28.9 Å². The Kier molecular flexibility index (Phi) is 8.43. The second-order valence-electron chi connectivity index (χ2n) is 2.74. The Morgan fingerprint density at radius 2 is 1.00 bits per heavy atom. The van der Waals surface area contributed by atoms with Crippen molar-refractivity contribution >= 4 is 0 Å². The molecule has 0 amide bonds. The van der Waals surface area contributed by atoms with E-state index in [9.17, 15) is 0 Å². The highest BCUT2D eigenvalue weighted by molar-refractivity contribution is 4.58.